The minimum absolute atomic E-state index is 0.180. The summed E-state index contributed by atoms with van der Waals surface area (Å²) in [6.07, 6.45) is 0. The third-order valence-corrected chi connectivity index (χ3v) is 11.4. The Bertz CT molecular complexity index is 2870. The summed E-state index contributed by atoms with van der Waals surface area (Å²) in [7, 11) is -20.3. The number of hydrogen-bond acceptors (Lipinski definition) is 18. The molecule has 0 heterocycles. The normalized spacial score (nSPS) is 13.2. The highest BCUT2D eigenvalue weighted by molar-refractivity contribution is 7.94. The Balaban J connectivity index is 1.80. The number of nitrogens with two attached hydrogens (primary N) is 1. The Morgan fingerprint density at radius 2 is 1.28 bits per heavy atom. The van der Waals surface area contributed by atoms with Gasteiger partial charge in [0, 0.05) is 10.8 Å². The molecule has 8 N–H and O–H groups in total. The van der Waals surface area contributed by atoms with E-state index in [2.05, 4.69) is 29.8 Å². The Morgan fingerprint density at radius 1 is 0.660 bits per heavy atom. The van der Waals surface area contributed by atoms with E-state index in [0.717, 1.165) is 48.5 Å². The molecular formula is C27H21N5O16S5. The molecule has 0 bridgehead atoms. The van der Waals surface area contributed by atoms with Crippen LogP contribution in [0.2, 0.25) is 0 Å². The monoisotopic (exact) mass is 831 g/mol. The van der Waals surface area contributed by atoms with E-state index >= 15 is 0 Å². The van der Waals surface area contributed by atoms with Crippen LogP contribution in [0.4, 0.5) is 28.4 Å². The van der Waals surface area contributed by atoms with Gasteiger partial charge in [-0.1, -0.05) is 29.3 Å². The average molecular weight is 832 g/mol. The molecule has 0 atom stereocenters. The first kappa shape index (κ1) is 39.5. The van der Waals surface area contributed by atoms with Crippen LogP contribution in [-0.2, 0) is 49.8 Å². The molecule has 0 saturated heterocycles. The van der Waals surface area contributed by atoms with Crippen LogP contribution < -0.4 is 5.73 Å². The van der Waals surface area contributed by atoms with Gasteiger partial charge in [-0.3, -0.25) is 18.2 Å². The lowest BCUT2D eigenvalue weighted by atomic mass is 10.1. The van der Waals surface area contributed by atoms with Gasteiger partial charge in [-0.15, -0.1) is 24.8 Å². The highest BCUT2D eigenvalue weighted by atomic mass is 32.2. The van der Waals surface area contributed by atoms with Crippen molar-refractivity contribution in [1.82, 2.24) is 0 Å². The van der Waals surface area contributed by atoms with Gasteiger partial charge in [-0.25, -0.2) is 5.26 Å². The highest BCUT2D eigenvalue weighted by Gasteiger charge is 2.27. The van der Waals surface area contributed by atoms with Crippen molar-refractivity contribution in [3.63, 3.8) is 0 Å². The molecule has 0 aliphatic carbocycles. The molecule has 5 rings (SSSR count). The predicted molar refractivity (Wildman–Crippen MR) is 183 cm³/mol. The minimum Gasteiger partial charge on any atom is -0.505 e. The predicted octanol–water partition coefficient (Wildman–Crippen LogP) is 5.84. The van der Waals surface area contributed by atoms with Crippen molar-refractivity contribution in [1.29, 1.82) is 0 Å². The van der Waals surface area contributed by atoms with Gasteiger partial charge in [0.1, 0.15) is 42.3 Å². The van der Waals surface area contributed by atoms with Crippen LogP contribution in [-0.4, -0.2) is 62.2 Å². The molecule has 53 heavy (non-hydrogen) atoms. The molecule has 0 aliphatic heterocycles. The summed E-state index contributed by atoms with van der Waals surface area (Å²) in [5.74, 6) is -0.922. The maximum atomic E-state index is 12.5. The molecule has 5 aromatic rings. The maximum Gasteiger partial charge on any atom is 0.297 e. The third kappa shape index (κ3) is 8.12. The lowest BCUT2D eigenvalue weighted by molar-refractivity contribution is -0.432. The second kappa shape index (κ2) is 14.3. The van der Waals surface area contributed by atoms with Crippen molar-refractivity contribution in [2.75, 3.05) is 5.73 Å². The van der Waals surface area contributed by atoms with Gasteiger partial charge in [-0.05, 0) is 54.3 Å². The molecule has 0 fully saturated rings. The van der Waals surface area contributed by atoms with E-state index in [0.29, 0.717) is 5.56 Å². The van der Waals surface area contributed by atoms with Gasteiger partial charge in [0.25, 0.3) is 40.5 Å². The second-order valence-corrected chi connectivity index (χ2v) is 16.8. The number of azo groups is 2. The van der Waals surface area contributed by atoms with E-state index in [4.69, 9.17) is 11.0 Å². The number of phenolic OH excluding ortho intramolecular Hbond substituents is 1. The summed E-state index contributed by atoms with van der Waals surface area (Å²) in [6.45, 7) is 1.56. The molecule has 26 heteroatoms. The fraction of sp³-hybridized carbons (Fsp3) is 0.0370. The average Bonchev–Trinajstić information content (AvgIpc) is 3.03. The highest BCUT2D eigenvalue weighted by Crippen LogP contribution is 2.50. The molecular weight excluding hydrogens is 811 g/mol. The zero-order valence-electron chi connectivity index (χ0n) is 25.9. The Labute approximate surface area is 302 Å². The molecule has 0 unspecified atom stereocenters. The minimum atomic E-state index is -5.27. The largest absolute Gasteiger partial charge is 0.505 e. The molecule has 21 nitrogen and oxygen atoms in total. The van der Waals surface area contributed by atoms with Crippen LogP contribution in [0, 0.1) is 6.92 Å². The number of phenols is 1. The van der Waals surface area contributed by atoms with Gasteiger partial charge in [-0.2, -0.15) is 33.7 Å². The Kier molecular flexibility index (Phi) is 10.6. The summed E-state index contributed by atoms with van der Waals surface area (Å²) >= 11 is 0.180. The number of hydrogen-bond donors (Lipinski definition) is 7. The maximum absolute atomic E-state index is 12.5. The smallest absolute Gasteiger partial charge is 0.297 e. The number of fused-ring (bicyclic) bond motifs is 2. The zero-order valence-corrected chi connectivity index (χ0v) is 30.0. The lowest BCUT2D eigenvalue weighted by Gasteiger charge is -2.14. The number of aryl methyl sites for hydroxylation is 1. The van der Waals surface area contributed by atoms with E-state index in [9.17, 15) is 57.0 Å². The number of nitrogens with zero attached hydrogens (tertiary/aromatic N) is 4. The number of anilines is 1. The van der Waals surface area contributed by atoms with E-state index in [-0.39, 0.29) is 27.7 Å². The summed E-state index contributed by atoms with van der Waals surface area (Å²) in [5, 5.41) is 37.2. The number of benzene rings is 5. The number of rotatable bonds is 11. The second-order valence-electron chi connectivity index (χ2n) is 10.6. The summed E-state index contributed by atoms with van der Waals surface area (Å²) in [5.41, 5.74) is 3.37. The van der Waals surface area contributed by atoms with Crippen LogP contribution >= 0.6 is 12.0 Å². The van der Waals surface area contributed by atoms with Crippen LogP contribution in [0.3, 0.4) is 0 Å². The summed E-state index contributed by atoms with van der Waals surface area (Å²) in [4.78, 5) is -3.79. The van der Waals surface area contributed by atoms with Gasteiger partial charge >= 0.3 is 0 Å². The molecule has 0 radical (unpaired) electrons. The van der Waals surface area contributed by atoms with Crippen molar-refractivity contribution >= 4 is 102 Å². The number of nitrogen functional groups attached to an aromatic ring is 1. The van der Waals surface area contributed by atoms with Crippen LogP contribution in [0.25, 0.3) is 21.5 Å². The van der Waals surface area contributed by atoms with Crippen molar-refractivity contribution in [3.05, 3.63) is 66.2 Å². The van der Waals surface area contributed by atoms with Crippen molar-refractivity contribution in [3.8, 4) is 5.75 Å². The zero-order chi connectivity index (χ0) is 39.3. The molecule has 0 aromatic heterocycles. The summed E-state index contributed by atoms with van der Waals surface area (Å²) < 4.78 is 142. The number of aromatic hydroxyl groups is 1. The third-order valence-electron chi connectivity index (χ3n) is 7.14. The fourth-order valence-corrected chi connectivity index (χ4v) is 8.32. The van der Waals surface area contributed by atoms with Gasteiger partial charge in [0.05, 0.1) is 28.0 Å². The van der Waals surface area contributed by atoms with E-state index in [1.54, 1.807) is 6.92 Å². The topological polar surface area (TPSA) is 352 Å². The SMILES string of the molecule is Cc1ccc(S(=O)(=O)O)c(N=Nc2c(SOOO)cc3cc(S(=O)(=O)O)c(N=Nc4ccc5c(S(=O)(=O)O)cccc5c4S(=O)(=O)O)c(N)c3c2O)c1. The van der Waals surface area contributed by atoms with Gasteiger partial charge < -0.3 is 10.8 Å². The Hall–Kier alpha value is -4.71. The van der Waals surface area contributed by atoms with Crippen LogP contribution in [0.15, 0.2) is 106 Å². The van der Waals surface area contributed by atoms with Crippen LogP contribution in [0.5, 0.6) is 5.75 Å². The van der Waals surface area contributed by atoms with Gasteiger partial charge in [0.2, 0.25) is 0 Å². The summed E-state index contributed by atoms with van der Waals surface area (Å²) in [6, 6.07) is 10.3. The molecule has 5 aromatic carbocycles. The first-order chi connectivity index (χ1) is 24.5. The quantitative estimate of drug-likeness (QED) is 0.0205. The molecule has 0 aliphatic rings. The fourth-order valence-electron chi connectivity index (χ4n) is 5.02. The molecule has 280 valence electrons. The van der Waals surface area contributed by atoms with Crippen molar-refractivity contribution < 1.29 is 71.6 Å². The van der Waals surface area contributed by atoms with Crippen molar-refractivity contribution in [2.24, 2.45) is 20.5 Å². The molecule has 0 saturated carbocycles. The lowest BCUT2D eigenvalue weighted by Crippen LogP contribution is -2.03. The standard InChI is InChI=1S/C27H21N5O16S5/c1-12-5-8-20(51(38,39)40)17(9-12)30-31-24-18(49-48-47-34)10-13-11-21(52(41,42)43)25(23(28)22(13)26(24)33)32-29-16-7-6-14-15(27(16)53(44,45)46)3-2-4-19(14)50(35,36)37/h2-11,33-34H,28H2,1H3,(H,35,36,37)(H,38,39,40)(H,41,42,43)(H,44,45,46). The van der Waals surface area contributed by atoms with Gasteiger partial charge in [0.15, 0.2) is 5.75 Å². The van der Waals surface area contributed by atoms with Crippen molar-refractivity contribution in [2.45, 2.75) is 31.4 Å². The van der Waals surface area contributed by atoms with E-state index < -0.39 is 105 Å². The van der Waals surface area contributed by atoms with Crippen LogP contribution in [0.1, 0.15) is 5.56 Å². The molecule has 0 spiro atoms. The first-order valence-corrected chi connectivity index (χ1v) is 20.2. The molecule has 0 amide bonds. The first-order valence-electron chi connectivity index (χ1n) is 13.7. The Morgan fingerprint density at radius 3 is 1.89 bits per heavy atom. The van der Waals surface area contributed by atoms with E-state index in [1.165, 1.54) is 12.1 Å². The van der Waals surface area contributed by atoms with E-state index in [1.807, 2.05) is 0 Å².